The Bertz CT molecular complexity index is 711. The van der Waals surface area contributed by atoms with Crippen LogP contribution in [-0.2, 0) is 30.9 Å². The van der Waals surface area contributed by atoms with Gasteiger partial charge in [0.15, 0.2) is 0 Å². The van der Waals surface area contributed by atoms with Crippen LogP contribution in [0.5, 0.6) is 0 Å². The summed E-state index contributed by atoms with van der Waals surface area (Å²) in [6.07, 6.45) is 2.79. The molecule has 0 unspecified atom stereocenters. The number of aryl methyl sites for hydroxylation is 1. The average molecular weight is 328 g/mol. The van der Waals surface area contributed by atoms with Gasteiger partial charge in [-0.25, -0.2) is 9.78 Å². The molecular weight excluding hydrogens is 304 g/mol. The van der Waals surface area contributed by atoms with Gasteiger partial charge in [-0.15, -0.1) is 0 Å². The molecule has 1 aliphatic heterocycles. The second-order valence-electron chi connectivity index (χ2n) is 5.87. The third kappa shape index (κ3) is 3.59. The molecule has 3 rings (SSSR count). The van der Waals surface area contributed by atoms with Gasteiger partial charge in [-0.2, -0.15) is 0 Å². The summed E-state index contributed by atoms with van der Waals surface area (Å²) in [5, 5.41) is 3.00. The van der Waals surface area contributed by atoms with Crippen LogP contribution in [-0.4, -0.2) is 33.6 Å². The van der Waals surface area contributed by atoms with Crippen LogP contribution < -0.4 is 5.32 Å². The highest BCUT2D eigenvalue weighted by molar-refractivity contribution is 5.89. The molecule has 2 aromatic rings. The van der Waals surface area contributed by atoms with Gasteiger partial charge in [-0.1, -0.05) is 19.1 Å². The first-order valence-corrected chi connectivity index (χ1v) is 8.46. The molecule has 2 heterocycles. The first kappa shape index (κ1) is 16.5. The summed E-state index contributed by atoms with van der Waals surface area (Å²) in [6.45, 7) is 7.21. The van der Waals surface area contributed by atoms with Crippen molar-refractivity contribution < 1.29 is 9.53 Å². The van der Waals surface area contributed by atoms with E-state index in [2.05, 4.69) is 27.9 Å². The second kappa shape index (κ2) is 7.49. The van der Waals surface area contributed by atoms with E-state index in [1.165, 1.54) is 5.56 Å². The Hall–Kier alpha value is -2.34. The number of amides is 2. The lowest BCUT2D eigenvalue weighted by Gasteiger charge is -2.29. The third-order valence-electron chi connectivity index (χ3n) is 4.30. The highest BCUT2D eigenvalue weighted by Gasteiger charge is 2.23. The number of aromatic nitrogens is 2. The van der Waals surface area contributed by atoms with E-state index in [4.69, 9.17) is 4.74 Å². The van der Waals surface area contributed by atoms with E-state index in [0.717, 1.165) is 30.0 Å². The van der Waals surface area contributed by atoms with Crippen LogP contribution in [0.2, 0.25) is 0 Å². The minimum atomic E-state index is -0.0712. The molecule has 0 saturated heterocycles. The summed E-state index contributed by atoms with van der Waals surface area (Å²) in [4.78, 5) is 18.8. The number of hydrogen-bond acceptors (Lipinski definition) is 3. The number of ether oxygens (including phenoxy) is 1. The molecule has 0 saturated carbocycles. The highest BCUT2D eigenvalue weighted by atomic mass is 16.5. The largest absolute Gasteiger partial charge is 0.375 e. The molecule has 24 heavy (non-hydrogen) atoms. The zero-order chi connectivity index (χ0) is 16.9. The Balaban J connectivity index is 1.67. The maximum atomic E-state index is 12.6. The van der Waals surface area contributed by atoms with Gasteiger partial charge in [0.1, 0.15) is 0 Å². The molecule has 1 aromatic carbocycles. The van der Waals surface area contributed by atoms with Crippen LogP contribution >= 0.6 is 0 Å². The van der Waals surface area contributed by atoms with Crippen molar-refractivity contribution in [3.8, 4) is 0 Å². The maximum Gasteiger partial charge on any atom is 0.322 e. The third-order valence-corrected chi connectivity index (χ3v) is 4.30. The van der Waals surface area contributed by atoms with E-state index in [-0.39, 0.29) is 6.03 Å². The number of urea groups is 1. The van der Waals surface area contributed by atoms with Crippen molar-refractivity contribution in [2.24, 2.45) is 0 Å². The number of imidazole rings is 1. The van der Waals surface area contributed by atoms with E-state index < -0.39 is 0 Å². The van der Waals surface area contributed by atoms with Crippen molar-refractivity contribution in [3.05, 3.63) is 47.5 Å². The van der Waals surface area contributed by atoms with Crippen molar-refractivity contribution in [2.45, 2.75) is 40.0 Å². The van der Waals surface area contributed by atoms with Gasteiger partial charge in [0, 0.05) is 25.4 Å². The molecule has 6 nitrogen and oxygen atoms in total. The summed E-state index contributed by atoms with van der Waals surface area (Å²) in [7, 11) is 0. The summed E-state index contributed by atoms with van der Waals surface area (Å²) < 4.78 is 7.57. The van der Waals surface area contributed by atoms with Crippen LogP contribution in [0.4, 0.5) is 10.5 Å². The molecule has 0 bridgehead atoms. The number of benzene rings is 1. The fourth-order valence-corrected chi connectivity index (χ4v) is 2.88. The van der Waals surface area contributed by atoms with Crippen molar-refractivity contribution in [1.29, 1.82) is 0 Å². The molecular formula is C18H24N4O2. The topological polar surface area (TPSA) is 59.4 Å². The number of rotatable bonds is 5. The molecule has 128 valence electrons. The first-order chi connectivity index (χ1) is 11.7. The van der Waals surface area contributed by atoms with E-state index in [1.54, 1.807) is 0 Å². The number of fused-ring (bicyclic) bond motifs is 1. The molecule has 0 spiro atoms. The van der Waals surface area contributed by atoms with Gasteiger partial charge in [0.2, 0.25) is 0 Å². The Morgan fingerprint density at radius 3 is 3.00 bits per heavy atom. The zero-order valence-electron chi connectivity index (χ0n) is 14.3. The average Bonchev–Trinajstić information content (AvgIpc) is 3.02. The monoisotopic (exact) mass is 328 g/mol. The molecule has 0 fully saturated rings. The number of carbonyl (C=O) groups is 1. The quantitative estimate of drug-likeness (QED) is 0.918. The molecule has 1 aliphatic rings. The molecule has 1 N–H and O–H groups in total. The molecule has 1 aromatic heterocycles. The minimum Gasteiger partial charge on any atom is -0.375 e. The zero-order valence-corrected chi connectivity index (χ0v) is 14.3. The van der Waals surface area contributed by atoms with Crippen LogP contribution in [0.15, 0.2) is 30.6 Å². The van der Waals surface area contributed by atoms with E-state index in [0.29, 0.717) is 26.3 Å². The van der Waals surface area contributed by atoms with Crippen LogP contribution in [0.1, 0.15) is 30.8 Å². The number of hydrogen-bond donors (Lipinski definition) is 1. The van der Waals surface area contributed by atoms with Gasteiger partial charge in [-0.3, -0.25) is 0 Å². The second-order valence-corrected chi connectivity index (χ2v) is 5.87. The lowest BCUT2D eigenvalue weighted by atomic mass is 10.1. The summed E-state index contributed by atoms with van der Waals surface area (Å²) in [5.74, 6) is 0. The Morgan fingerprint density at radius 1 is 1.33 bits per heavy atom. The normalized spacial score (nSPS) is 13.7. The number of carbonyl (C=O) groups excluding carboxylic acids is 1. The Morgan fingerprint density at radius 2 is 2.21 bits per heavy atom. The Kier molecular flexibility index (Phi) is 5.15. The minimum absolute atomic E-state index is 0.0712. The SMILES string of the molecule is CCOCc1ncn2c1CN(C(=O)Nc1cccc(CC)c1)CC2. The van der Waals surface area contributed by atoms with E-state index in [9.17, 15) is 4.79 Å². The van der Waals surface area contributed by atoms with Crippen molar-refractivity contribution in [3.63, 3.8) is 0 Å². The maximum absolute atomic E-state index is 12.6. The van der Waals surface area contributed by atoms with Crippen molar-refractivity contribution in [2.75, 3.05) is 18.5 Å². The van der Waals surface area contributed by atoms with Crippen molar-refractivity contribution >= 4 is 11.7 Å². The van der Waals surface area contributed by atoms with Gasteiger partial charge in [0.05, 0.1) is 30.9 Å². The molecule has 0 aliphatic carbocycles. The van der Waals surface area contributed by atoms with Crippen LogP contribution in [0, 0.1) is 0 Å². The predicted octanol–water partition coefficient (Wildman–Crippen LogP) is 3.03. The lowest BCUT2D eigenvalue weighted by Crippen LogP contribution is -2.40. The van der Waals surface area contributed by atoms with E-state index in [1.807, 2.05) is 36.4 Å². The Labute approximate surface area is 142 Å². The summed E-state index contributed by atoms with van der Waals surface area (Å²) in [5.41, 5.74) is 4.03. The van der Waals surface area contributed by atoms with Crippen molar-refractivity contribution in [1.82, 2.24) is 14.5 Å². The number of nitrogens with one attached hydrogen (secondary N) is 1. The van der Waals surface area contributed by atoms with Gasteiger partial charge in [-0.05, 0) is 31.0 Å². The smallest absolute Gasteiger partial charge is 0.322 e. The predicted molar refractivity (Wildman–Crippen MR) is 92.8 cm³/mol. The van der Waals surface area contributed by atoms with E-state index >= 15 is 0 Å². The fourth-order valence-electron chi connectivity index (χ4n) is 2.88. The molecule has 0 radical (unpaired) electrons. The van der Waals surface area contributed by atoms with Crippen LogP contribution in [0.3, 0.4) is 0 Å². The summed E-state index contributed by atoms with van der Waals surface area (Å²) in [6, 6.07) is 7.91. The molecule has 2 amide bonds. The lowest BCUT2D eigenvalue weighted by molar-refractivity contribution is 0.129. The fraction of sp³-hybridized carbons (Fsp3) is 0.444. The molecule has 0 atom stereocenters. The number of nitrogens with zero attached hydrogens (tertiary/aromatic N) is 3. The number of anilines is 1. The van der Waals surface area contributed by atoms with Gasteiger partial charge < -0.3 is 19.5 Å². The van der Waals surface area contributed by atoms with Gasteiger partial charge in [0.25, 0.3) is 0 Å². The molecule has 6 heteroatoms. The highest BCUT2D eigenvalue weighted by Crippen LogP contribution is 2.19. The van der Waals surface area contributed by atoms with Crippen LogP contribution in [0.25, 0.3) is 0 Å². The standard InChI is InChI=1S/C18H24N4O2/c1-3-14-6-5-7-15(10-14)20-18(23)21-8-9-22-13-19-16(12-24-4-2)17(22)11-21/h5-7,10,13H,3-4,8-9,11-12H2,1-2H3,(H,20,23). The summed E-state index contributed by atoms with van der Waals surface area (Å²) >= 11 is 0. The van der Waals surface area contributed by atoms with Gasteiger partial charge >= 0.3 is 6.03 Å². The first-order valence-electron chi connectivity index (χ1n) is 8.46.